The van der Waals surface area contributed by atoms with Crippen LogP contribution in [-0.2, 0) is 18.0 Å². The molecule has 144 valence electrons. The molecule has 7 nitrogen and oxygen atoms in total. The molecule has 12 heteroatoms. The van der Waals surface area contributed by atoms with E-state index in [1.54, 1.807) is 0 Å². The van der Waals surface area contributed by atoms with E-state index in [9.17, 15) is 31.9 Å². The Hall–Kier alpha value is -3.08. The van der Waals surface area contributed by atoms with Crippen LogP contribution in [0.25, 0.3) is 5.69 Å². The van der Waals surface area contributed by atoms with Crippen molar-refractivity contribution < 1.29 is 31.8 Å². The van der Waals surface area contributed by atoms with Crippen LogP contribution in [0.1, 0.15) is 5.69 Å². The molecule has 1 aromatic carbocycles. The fourth-order valence-electron chi connectivity index (χ4n) is 2.07. The van der Waals surface area contributed by atoms with Crippen molar-refractivity contribution in [2.45, 2.75) is 6.18 Å². The molecule has 0 spiro atoms. The number of carbonyl (C=O) groups excluding carboxylic acids is 1. The summed E-state index contributed by atoms with van der Waals surface area (Å²) in [6.45, 7) is 3.11. The van der Waals surface area contributed by atoms with Crippen LogP contribution < -0.4 is 16.0 Å². The molecule has 0 aliphatic heterocycles. The molecule has 2 rings (SSSR count). The van der Waals surface area contributed by atoms with Crippen LogP contribution in [0.4, 0.5) is 22.4 Å². The number of hydrogen-bond acceptors (Lipinski definition) is 5. The Balaban J connectivity index is 2.71. The van der Waals surface area contributed by atoms with Crippen LogP contribution in [0.2, 0.25) is 5.02 Å². The summed E-state index contributed by atoms with van der Waals surface area (Å²) in [6, 6.07) is 1.43. The average molecular weight is 409 g/mol. The fourth-order valence-corrected chi connectivity index (χ4v) is 2.26. The summed E-state index contributed by atoms with van der Waals surface area (Å²) >= 11 is 5.71. The third kappa shape index (κ3) is 4.03. The first-order chi connectivity index (χ1) is 12.5. The van der Waals surface area contributed by atoms with E-state index in [1.165, 1.54) is 0 Å². The van der Waals surface area contributed by atoms with E-state index < -0.39 is 51.6 Å². The largest absolute Gasteiger partial charge is 0.518 e. The van der Waals surface area contributed by atoms with E-state index in [0.717, 1.165) is 13.3 Å². The first-order valence-electron chi connectivity index (χ1n) is 6.86. The number of halogens is 5. The van der Waals surface area contributed by atoms with Crippen molar-refractivity contribution in [3.05, 3.63) is 68.4 Å². The molecular weight excluding hydrogens is 400 g/mol. The van der Waals surface area contributed by atoms with Crippen molar-refractivity contribution in [1.29, 1.82) is 0 Å². The number of ether oxygens (including phenoxy) is 2. The predicted molar refractivity (Wildman–Crippen MR) is 84.6 cm³/mol. The summed E-state index contributed by atoms with van der Waals surface area (Å²) in [5.74, 6) is -1.72. The first kappa shape index (κ1) is 20.2. The summed E-state index contributed by atoms with van der Waals surface area (Å²) in [5, 5.41) is -0.422. The Labute approximate surface area is 152 Å². The summed E-state index contributed by atoms with van der Waals surface area (Å²) < 4.78 is 62.1. The van der Waals surface area contributed by atoms with Crippen LogP contribution in [0.3, 0.4) is 0 Å². The van der Waals surface area contributed by atoms with Gasteiger partial charge in [0.15, 0.2) is 5.75 Å². The third-order valence-corrected chi connectivity index (χ3v) is 3.52. The van der Waals surface area contributed by atoms with E-state index in [2.05, 4.69) is 16.1 Å². The Bertz CT molecular complexity index is 1040. The zero-order chi connectivity index (χ0) is 20.5. The molecule has 27 heavy (non-hydrogen) atoms. The number of benzene rings is 1. The highest BCUT2D eigenvalue weighted by molar-refractivity contribution is 6.32. The van der Waals surface area contributed by atoms with Crippen molar-refractivity contribution >= 4 is 17.8 Å². The minimum atomic E-state index is -4.98. The van der Waals surface area contributed by atoms with Gasteiger partial charge < -0.3 is 9.47 Å². The van der Waals surface area contributed by atoms with Gasteiger partial charge in [-0.15, -0.1) is 0 Å². The zero-order valence-electron chi connectivity index (χ0n) is 13.3. The van der Waals surface area contributed by atoms with Crippen molar-refractivity contribution in [3.63, 3.8) is 0 Å². The van der Waals surface area contributed by atoms with Crippen LogP contribution in [-0.4, -0.2) is 15.3 Å². The van der Waals surface area contributed by atoms with Crippen LogP contribution >= 0.6 is 11.6 Å². The fraction of sp³-hybridized carbons (Fsp3) is 0.133. The molecule has 0 atom stereocenters. The lowest BCUT2D eigenvalue weighted by Crippen LogP contribution is -2.41. The Morgan fingerprint density at radius 2 is 1.89 bits per heavy atom. The van der Waals surface area contributed by atoms with E-state index in [4.69, 9.17) is 11.6 Å². The minimum Gasteiger partial charge on any atom is -0.403 e. The molecule has 0 aliphatic carbocycles. The van der Waals surface area contributed by atoms with E-state index in [0.29, 0.717) is 12.1 Å². The molecule has 0 unspecified atom stereocenters. The van der Waals surface area contributed by atoms with Crippen molar-refractivity contribution in [2.75, 3.05) is 0 Å². The first-order valence-corrected chi connectivity index (χ1v) is 7.24. The van der Waals surface area contributed by atoms with Gasteiger partial charge in [-0.2, -0.15) is 13.2 Å². The van der Waals surface area contributed by atoms with Crippen LogP contribution in [0.15, 0.2) is 40.6 Å². The Kier molecular flexibility index (Phi) is 5.45. The van der Waals surface area contributed by atoms with Gasteiger partial charge in [0.25, 0.3) is 5.56 Å². The monoisotopic (exact) mass is 408 g/mol. The lowest BCUT2D eigenvalue weighted by atomic mass is 10.2. The molecule has 0 N–H and O–H groups in total. The minimum absolute atomic E-state index is 0.127. The van der Waals surface area contributed by atoms with Crippen LogP contribution in [0, 0.1) is 5.82 Å². The highest BCUT2D eigenvalue weighted by Gasteiger charge is 2.35. The quantitative estimate of drug-likeness (QED) is 0.337. The highest BCUT2D eigenvalue weighted by Crippen LogP contribution is 2.30. The molecule has 0 amide bonds. The second kappa shape index (κ2) is 7.27. The maximum Gasteiger partial charge on any atom is 0.518 e. The number of hydrogen-bond donors (Lipinski definition) is 0. The number of alkyl halides is 3. The van der Waals surface area contributed by atoms with Gasteiger partial charge in [-0.25, -0.2) is 18.5 Å². The zero-order valence-corrected chi connectivity index (χ0v) is 14.1. The standard InChI is InChI=1S/C15H9ClF4N2O5/c1-3-26-14(25)27-10-5-9(8(17)4-7(10)16)22-12(23)6-11(15(18,19)20)21(2)13(22)24/h3-6H,1H2,2H3. The Morgan fingerprint density at radius 3 is 2.44 bits per heavy atom. The van der Waals surface area contributed by atoms with Gasteiger partial charge in [0.1, 0.15) is 11.5 Å². The lowest BCUT2D eigenvalue weighted by Gasteiger charge is -2.15. The molecule has 0 saturated carbocycles. The predicted octanol–water partition coefficient (Wildman–Crippen LogP) is 3.01. The van der Waals surface area contributed by atoms with Gasteiger partial charge in [0.2, 0.25) is 0 Å². The average Bonchev–Trinajstić information content (AvgIpc) is 2.54. The smallest absolute Gasteiger partial charge is 0.403 e. The summed E-state index contributed by atoms with van der Waals surface area (Å²) in [6.07, 6.45) is -5.55. The molecule has 1 heterocycles. The molecule has 2 aromatic rings. The van der Waals surface area contributed by atoms with Gasteiger partial charge >= 0.3 is 18.0 Å². The SMILES string of the molecule is C=COC(=O)Oc1cc(-n2c(=O)cc(C(F)(F)F)n(C)c2=O)c(F)cc1Cl. The normalized spacial score (nSPS) is 11.2. The number of rotatable bonds is 3. The summed E-state index contributed by atoms with van der Waals surface area (Å²) in [4.78, 5) is 35.6. The maximum atomic E-state index is 14.2. The molecular formula is C15H9ClF4N2O5. The molecule has 0 aliphatic rings. The van der Waals surface area contributed by atoms with Crippen molar-refractivity contribution in [3.8, 4) is 11.4 Å². The van der Waals surface area contributed by atoms with Crippen LogP contribution in [0.5, 0.6) is 5.75 Å². The third-order valence-electron chi connectivity index (χ3n) is 3.23. The molecule has 1 aromatic heterocycles. The second-order valence-electron chi connectivity index (χ2n) is 4.91. The summed E-state index contributed by atoms with van der Waals surface area (Å²) in [5.41, 5.74) is -5.23. The van der Waals surface area contributed by atoms with Gasteiger partial charge in [-0.1, -0.05) is 18.2 Å². The molecule has 0 fully saturated rings. The van der Waals surface area contributed by atoms with Gasteiger partial charge in [-0.3, -0.25) is 9.36 Å². The highest BCUT2D eigenvalue weighted by atomic mass is 35.5. The van der Waals surface area contributed by atoms with Gasteiger partial charge in [0, 0.05) is 19.2 Å². The number of nitrogens with zero attached hydrogens (tertiary/aromatic N) is 2. The van der Waals surface area contributed by atoms with Gasteiger partial charge in [-0.05, 0) is 6.07 Å². The topological polar surface area (TPSA) is 79.5 Å². The van der Waals surface area contributed by atoms with E-state index in [1.807, 2.05) is 0 Å². The maximum absolute atomic E-state index is 14.2. The number of carbonyl (C=O) groups is 1. The number of aromatic nitrogens is 2. The lowest BCUT2D eigenvalue weighted by molar-refractivity contribution is -0.144. The molecule has 0 saturated heterocycles. The molecule has 0 bridgehead atoms. The van der Waals surface area contributed by atoms with Crippen molar-refractivity contribution in [2.24, 2.45) is 7.05 Å². The summed E-state index contributed by atoms with van der Waals surface area (Å²) in [7, 11) is 0.758. The van der Waals surface area contributed by atoms with Gasteiger partial charge in [0.05, 0.1) is 17.0 Å². The molecule has 0 radical (unpaired) electrons. The Morgan fingerprint density at radius 1 is 1.26 bits per heavy atom. The van der Waals surface area contributed by atoms with E-state index in [-0.39, 0.29) is 15.2 Å². The second-order valence-corrected chi connectivity index (χ2v) is 5.32. The van der Waals surface area contributed by atoms with Crippen molar-refractivity contribution in [1.82, 2.24) is 9.13 Å². The van der Waals surface area contributed by atoms with E-state index >= 15 is 0 Å².